The van der Waals surface area contributed by atoms with Crippen LogP contribution < -0.4 is 5.32 Å². The van der Waals surface area contributed by atoms with Gasteiger partial charge in [-0.3, -0.25) is 14.6 Å². The van der Waals surface area contributed by atoms with Crippen LogP contribution in [0.1, 0.15) is 29.0 Å². The zero-order valence-electron chi connectivity index (χ0n) is 13.1. The molecular weight excluding hydrogens is 313 g/mol. The Hall–Kier alpha value is -2.70. The number of nitrogens with zero attached hydrogens (tertiary/aromatic N) is 2. The molecule has 1 aliphatic heterocycles. The van der Waals surface area contributed by atoms with Crippen molar-refractivity contribution in [2.24, 2.45) is 0 Å². The molecule has 1 aliphatic rings. The average Bonchev–Trinajstić information content (AvgIpc) is 3.14. The minimum Gasteiger partial charge on any atom is -0.459 e. The van der Waals surface area contributed by atoms with Gasteiger partial charge in [-0.25, -0.2) is 4.39 Å². The zero-order chi connectivity index (χ0) is 17.0. The van der Waals surface area contributed by atoms with E-state index in [-0.39, 0.29) is 25.3 Å². The lowest BCUT2D eigenvalue weighted by Crippen LogP contribution is -2.55. The Morgan fingerprint density at radius 3 is 2.83 bits per heavy atom. The molecule has 1 fully saturated rings. The highest BCUT2D eigenvalue weighted by atomic mass is 19.1. The van der Waals surface area contributed by atoms with Gasteiger partial charge in [0.25, 0.3) is 11.8 Å². The third kappa shape index (κ3) is 3.45. The molecule has 6 nitrogen and oxygen atoms in total. The van der Waals surface area contributed by atoms with Crippen LogP contribution in [0.4, 0.5) is 4.39 Å². The summed E-state index contributed by atoms with van der Waals surface area (Å²) < 4.78 is 20.1. The number of carbonyl (C=O) groups is 2. The van der Waals surface area contributed by atoms with E-state index in [1.54, 1.807) is 30.6 Å². The fraction of sp³-hybridized carbons (Fsp3) is 0.353. The van der Waals surface area contributed by atoms with Crippen molar-refractivity contribution >= 4 is 11.8 Å². The van der Waals surface area contributed by atoms with Gasteiger partial charge in [-0.15, -0.1) is 0 Å². The fourth-order valence-corrected chi connectivity index (χ4v) is 2.77. The van der Waals surface area contributed by atoms with Crippen molar-refractivity contribution in [1.82, 2.24) is 15.2 Å². The van der Waals surface area contributed by atoms with E-state index in [0.717, 1.165) is 5.56 Å². The molecule has 2 aromatic rings. The van der Waals surface area contributed by atoms with Crippen LogP contribution in [0.2, 0.25) is 0 Å². The van der Waals surface area contributed by atoms with Crippen molar-refractivity contribution in [3.8, 4) is 0 Å². The molecule has 1 N–H and O–H groups in total. The summed E-state index contributed by atoms with van der Waals surface area (Å²) in [4.78, 5) is 29.8. The van der Waals surface area contributed by atoms with Crippen molar-refractivity contribution in [2.75, 3.05) is 13.1 Å². The summed E-state index contributed by atoms with van der Waals surface area (Å²) in [5.41, 5.74) is -1.26. The molecule has 0 spiro atoms. The first kappa shape index (κ1) is 16.2. The quantitative estimate of drug-likeness (QED) is 0.929. The number of alkyl halides is 1. The molecule has 1 unspecified atom stereocenters. The molecule has 3 rings (SSSR count). The maximum Gasteiger partial charge on any atom is 0.289 e. The molecule has 0 bridgehead atoms. The normalized spacial score (nSPS) is 20.6. The van der Waals surface area contributed by atoms with Gasteiger partial charge in [0.05, 0.1) is 12.8 Å². The van der Waals surface area contributed by atoms with Crippen molar-refractivity contribution in [1.29, 1.82) is 0 Å². The van der Waals surface area contributed by atoms with E-state index in [1.807, 2.05) is 0 Å². The largest absolute Gasteiger partial charge is 0.459 e. The average molecular weight is 331 g/mol. The third-order valence-corrected chi connectivity index (χ3v) is 4.07. The number of carbonyl (C=O) groups excluding carboxylic acids is 2. The van der Waals surface area contributed by atoms with Crippen molar-refractivity contribution in [3.05, 3.63) is 54.2 Å². The zero-order valence-corrected chi connectivity index (χ0v) is 13.1. The predicted molar refractivity (Wildman–Crippen MR) is 83.8 cm³/mol. The minimum absolute atomic E-state index is 0.0944. The highest BCUT2D eigenvalue weighted by molar-refractivity contribution is 5.93. The summed E-state index contributed by atoms with van der Waals surface area (Å²) in [5.74, 6) is -0.948. The SMILES string of the molecule is O=C(c1ccco1)N1CCCC(F)(C(=O)NCc2ccncc2)C1. The van der Waals surface area contributed by atoms with Gasteiger partial charge < -0.3 is 14.6 Å². The van der Waals surface area contributed by atoms with Crippen LogP contribution in [0.25, 0.3) is 0 Å². The molecule has 24 heavy (non-hydrogen) atoms. The smallest absolute Gasteiger partial charge is 0.289 e. The first-order valence-corrected chi connectivity index (χ1v) is 7.77. The van der Waals surface area contributed by atoms with Gasteiger partial charge in [0.2, 0.25) is 5.67 Å². The van der Waals surface area contributed by atoms with E-state index in [9.17, 15) is 9.59 Å². The standard InChI is InChI=1S/C17H18FN3O3/c18-17(16(23)20-11-13-4-7-19-8-5-13)6-2-9-21(12-17)15(22)14-3-1-10-24-14/h1,3-5,7-8,10H,2,6,9,11-12H2,(H,20,23). The summed E-state index contributed by atoms with van der Waals surface area (Å²) in [5, 5.41) is 2.60. The topological polar surface area (TPSA) is 75.4 Å². The molecule has 7 heteroatoms. The Morgan fingerprint density at radius 2 is 2.12 bits per heavy atom. The number of aromatic nitrogens is 1. The lowest BCUT2D eigenvalue weighted by molar-refractivity contribution is -0.136. The van der Waals surface area contributed by atoms with E-state index in [2.05, 4.69) is 10.3 Å². The first-order valence-electron chi connectivity index (χ1n) is 7.77. The Labute approximate surface area is 138 Å². The second-order valence-corrected chi connectivity index (χ2v) is 5.81. The molecule has 0 aliphatic carbocycles. The van der Waals surface area contributed by atoms with Crippen LogP contribution in [-0.2, 0) is 11.3 Å². The molecule has 3 heterocycles. The number of hydrogen-bond donors (Lipinski definition) is 1. The van der Waals surface area contributed by atoms with E-state index < -0.39 is 17.5 Å². The van der Waals surface area contributed by atoms with Crippen LogP contribution in [0.5, 0.6) is 0 Å². The maximum atomic E-state index is 15.1. The summed E-state index contributed by atoms with van der Waals surface area (Å²) in [7, 11) is 0. The van der Waals surface area contributed by atoms with E-state index in [0.29, 0.717) is 13.0 Å². The molecule has 0 radical (unpaired) electrons. The molecule has 1 saturated heterocycles. The number of pyridine rings is 1. The van der Waals surface area contributed by atoms with Gasteiger partial charge in [0.15, 0.2) is 5.76 Å². The number of furan rings is 1. The number of amides is 2. The number of nitrogens with one attached hydrogen (secondary N) is 1. The molecule has 0 saturated carbocycles. The monoisotopic (exact) mass is 331 g/mol. The van der Waals surface area contributed by atoms with Crippen molar-refractivity contribution in [3.63, 3.8) is 0 Å². The summed E-state index contributed by atoms with van der Waals surface area (Å²) in [6.45, 7) is 0.358. The van der Waals surface area contributed by atoms with Crippen LogP contribution in [-0.4, -0.2) is 40.5 Å². The number of likely N-dealkylation sites (tertiary alicyclic amines) is 1. The highest BCUT2D eigenvalue weighted by Gasteiger charge is 2.44. The van der Waals surface area contributed by atoms with Crippen LogP contribution in [0, 0.1) is 0 Å². The summed E-state index contributed by atoms with van der Waals surface area (Å²) >= 11 is 0. The molecule has 2 aromatic heterocycles. The molecule has 1 atom stereocenters. The van der Waals surface area contributed by atoms with Gasteiger partial charge >= 0.3 is 0 Å². The van der Waals surface area contributed by atoms with Crippen LogP contribution >= 0.6 is 0 Å². The van der Waals surface area contributed by atoms with Crippen LogP contribution in [0.3, 0.4) is 0 Å². The Bertz CT molecular complexity index is 705. The molecule has 2 amide bonds. The molecule has 126 valence electrons. The predicted octanol–water partition coefficient (Wildman–Crippen LogP) is 1.94. The van der Waals surface area contributed by atoms with E-state index in [4.69, 9.17) is 4.42 Å². The first-order chi connectivity index (χ1) is 11.6. The minimum atomic E-state index is -2.09. The highest BCUT2D eigenvalue weighted by Crippen LogP contribution is 2.27. The Balaban J connectivity index is 1.63. The maximum absolute atomic E-state index is 15.1. The molecule has 0 aromatic carbocycles. The van der Waals surface area contributed by atoms with Gasteiger partial charge in [-0.1, -0.05) is 0 Å². The lowest BCUT2D eigenvalue weighted by atomic mass is 9.93. The number of piperidine rings is 1. The second kappa shape index (κ2) is 6.82. The van der Waals surface area contributed by atoms with Gasteiger partial charge in [0, 0.05) is 25.5 Å². The number of hydrogen-bond acceptors (Lipinski definition) is 4. The number of halogens is 1. The van der Waals surface area contributed by atoms with E-state index >= 15 is 4.39 Å². The fourth-order valence-electron chi connectivity index (χ4n) is 2.77. The Morgan fingerprint density at radius 1 is 1.33 bits per heavy atom. The van der Waals surface area contributed by atoms with Crippen LogP contribution in [0.15, 0.2) is 47.3 Å². The van der Waals surface area contributed by atoms with Gasteiger partial charge in [0.1, 0.15) is 0 Å². The van der Waals surface area contributed by atoms with Gasteiger partial charge in [-0.05, 0) is 42.7 Å². The van der Waals surface area contributed by atoms with Gasteiger partial charge in [-0.2, -0.15) is 0 Å². The summed E-state index contributed by atoms with van der Waals surface area (Å²) in [6.07, 6.45) is 5.12. The number of rotatable bonds is 4. The third-order valence-electron chi connectivity index (χ3n) is 4.07. The lowest BCUT2D eigenvalue weighted by Gasteiger charge is -2.35. The summed E-state index contributed by atoms with van der Waals surface area (Å²) in [6, 6.07) is 6.62. The van der Waals surface area contributed by atoms with Crippen molar-refractivity contribution in [2.45, 2.75) is 25.1 Å². The Kier molecular flexibility index (Phi) is 4.59. The second-order valence-electron chi connectivity index (χ2n) is 5.81. The van der Waals surface area contributed by atoms with Crippen molar-refractivity contribution < 1.29 is 18.4 Å². The van der Waals surface area contributed by atoms with E-state index in [1.165, 1.54) is 17.2 Å². The molecular formula is C17H18FN3O3.